The van der Waals surface area contributed by atoms with E-state index < -0.39 is 0 Å². The molecule has 28 heavy (non-hydrogen) atoms. The summed E-state index contributed by atoms with van der Waals surface area (Å²) in [6.07, 6.45) is 0.624. The smallest absolute Gasteiger partial charge is 0.273 e. The molecule has 0 fully saturated rings. The van der Waals surface area contributed by atoms with Gasteiger partial charge < -0.3 is 14.8 Å². The second kappa shape index (κ2) is 8.88. The fourth-order valence-electron chi connectivity index (χ4n) is 2.75. The van der Waals surface area contributed by atoms with Gasteiger partial charge in [0.2, 0.25) is 0 Å². The van der Waals surface area contributed by atoms with Crippen molar-refractivity contribution < 1.29 is 14.3 Å². The molecule has 8 heteroatoms. The lowest BCUT2D eigenvalue weighted by Gasteiger charge is -2.12. The van der Waals surface area contributed by atoms with Crippen LogP contribution >= 0.6 is 15.9 Å². The zero-order chi connectivity index (χ0) is 20.1. The Bertz CT molecular complexity index is 973. The van der Waals surface area contributed by atoms with Gasteiger partial charge in [0, 0.05) is 11.0 Å². The van der Waals surface area contributed by atoms with E-state index in [1.807, 2.05) is 42.5 Å². The number of rotatable bonds is 7. The van der Waals surface area contributed by atoms with Gasteiger partial charge in [-0.15, -0.1) is 5.10 Å². The maximum Gasteiger partial charge on any atom is 0.273 e. The number of benzene rings is 2. The van der Waals surface area contributed by atoms with Crippen molar-refractivity contribution in [2.45, 2.75) is 13.3 Å². The third-order valence-corrected chi connectivity index (χ3v) is 4.96. The second-order valence-corrected chi connectivity index (χ2v) is 6.92. The fraction of sp³-hybridized carbons (Fsp3) is 0.250. The topological polar surface area (TPSA) is 78.3 Å². The van der Waals surface area contributed by atoms with Crippen LogP contribution in [0.15, 0.2) is 46.9 Å². The Hall–Kier alpha value is -2.87. The van der Waals surface area contributed by atoms with Gasteiger partial charge in [0.15, 0.2) is 17.2 Å². The minimum Gasteiger partial charge on any atom is -0.493 e. The van der Waals surface area contributed by atoms with Crippen LogP contribution in [0, 0.1) is 6.92 Å². The molecule has 0 aliphatic carbocycles. The number of nitrogens with zero attached hydrogens (tertiary/aromatic N) is 3. The molecule has 1 N–H and O–H groups in total. The molecule has 0 unspecified atom stereocenters. The number of halogens is 1. The average Bonchev–Trinajstić information content (AvgIpc) is 3.11. The second-order valence-electron chi connectivity index (χ2n) is 6.06. The van der Waals surface area contributed by atoms with E-state index in [1.165, 1.54) is 4.80 Å². The standard InChI is InChI=1S/C20H21BrN4O3/c1-13-19(24-25(23-13)15-7-5-4-6-8-15)20(26)22-10-9-14-11-17(27-2)18(28-3)12-16(14)21/h4-8,11-12H,9-10H2,1-3H3,(H,22,26). The third kappa shape index (κ3) is 4.33. The molecule has 1 aromatic heterocycles. The highest BCUT2D eigenvalue weighted by Crippen LogP contribution is 2.33. The van der Waals surface area contributed by atoms with E-state index in [9.17, 15) is 4.79 Å². The molecule has 3 aromatic rings. The maximum atomic E-state index is 12.5. The Balaban J connectivity index is 1.66. The number of para-hydroxylation sites is 1. The Morgan fingerprint density at radius 3 is 2.46 bits per heavy atom. The van der Waals surface area contributed by atoms with Crippen molar-refractivity contribution in [3.63, 3.8) is 0 Å². The predicted octanol–water partition coefficient (Wildman–Crippen LogP) is 3.33. The minimum absolute atomic E-state index is 0.253. The van der Waals surface area contributed by atoms with Crippen LogP contribution < -0.4 is 14.8 Å². The molecule has 3 rings (SSSR count). The van der Waals surface area contributed by atoms with Gasteiger partial charge in [-0.3, -0.25) is 4.79 Å². The number of hydrogen-bond donors (Lipinski definition) is 1. The normalized spacial score (nSPS) is 10.6. The largest absolute Gasteiger partial charge is 0.493 e. The summed E-state index contributed by atoms with van der Waals surface area (Å²) >= 11 is 3.53. The van der Waals surface area contributed by atoms with Crippen LogP contribution in [0.5, 0.6) is 11.5 Å². The van der Waals surface area contributed by atoms with E-state index in [0.29, 0.717) is 35.9 Å². The Kier molecular flexibility index (Phi) is 6.30. The van der Waals surface area contributed by atoms with Gasteiger partial charge in [0.25, 0.3) is 5.91 Å². The first-order valence-electron chi connectivity index (χ1n) is 8.71. The number of hydrogen-bond acceptors (Lipinski definition) is 5. The van der Waals surface area contributed by atoms with Gasteiger partial charge in [-0.05, 0) is 43.2 Å². The molecule has 0 bridgehead atoms. The zero-order valence-corrected chi connectivity index (χ0v) is 17.5. The number of aryl methyl sites for hydroxylation is 1. The van der Waals surface area contributed by atoms with Crippen molar-refractivity contribution in [3.05, 3.63) is 63.9 Å². The summed E-state index contributed by atoms with van der Waals surface area (Å²) in [5.41, 5.74) is 2.70. The number of aromatic nitrogens is 3. The fourth-order valence-corrected chi connectivity index (χ4v) is 3.27. The number of methoxy groups -OCH3 is 2. The van der Waals surface area contributed by atoms with Crippen molar-refractivity contribution in [3.8, 4) is 17.2 Å². The molecule has 1 heterocycles. The van der Waals surface area contributed by atoms with Crippen molar-refractivity contribution in [1.82, 2.24) is 20.3 Å². The van der Waals surface area contributed by atoms with Crippen molar-refractivity contribution in [2.75, 3.05) is 20.8 Å². The molecular weight excluding hydrogens is 424 g/mol. The Morgan fingerprint density at radius 1 is 1.11 bits per heavy atom. The van der Waals surface area contributed by atoms with Gasteiger partial charge in [0.1, 0.15) is 0 Å². The van der Waals surface area contributed by atoms with Crippen LogP contribution in [0.2, 0.25) is 0 Å². The lowest BCUT2D eigenvalue weighted by Crippen LogP contribution is -2.27. The molecule has 0 aliphatic rings. The van der Waals surface area contributed by atoms with Crippen molar-refractivity contribution >= 4 is 21.8 Å². The summed E-state index contributed by atoms with van der Waals surface area (Å²) in [4.78, 5) is 14.0. The van der Waals surface area contributed by atoms with Crippen LogP contribution in [0.3, 0.4) is 0 Å². The van der Waals surface area contributed by atoms with Gasteiger partial charge in [-0.1, -0.05) is 34.1 Å². The maximum absolute atomic E-state index is 12.5. The molecule has 0 saturated carbocycles. The lowest BCUT2D eigenvalue weighted by atomic mass is 10.1. The van der Waals surface area contributed by atoms with Crippen LogP contribution in [-0.4, -0.2) is 41.7 Å². The summed E-state index contributed by atoms with van der Waals surface area (Å²) < 4.78 is 11.5. The highest BCUT2D eigenvalue weighted by atomic mass is 79.9. The Labute approximate surface area is 171 Å². The van der Waals surface area contributed by atoms with Gasteiger partial charge in [-0.25, -0.2) is 0 Å². The zero-order valence-electron chi connectivity index (χ0n) is 15.9. The van der Waals surface area contributed by atoms with E-state index in [4.69, 9.17) is 9.47 Å². The molecule has 0 atom stereocenters. The Morgan fingerprint density at radius 2 is 1.79 bits per heavy atom. The molecule has 146 valence electrons. The molecule has 7 nitrogen and oxygen atoms in total. The van der Waals surface area contributed by atoms with Crippen LogP contribution in [0.1, 0.15) is 21.7 Å². The van der Waals surface area contributed by atoms with Crippen molar-refractivity contribution in [1.29, 1.82) is 0 Å². The van der Waals surface area contributed by atoms with E-state index in [2.05, 4.69) is 31.4 Å². The quantitative estimate of drug-likeness (QED) is 0.604. The van der Waals surface area contributed by atoms with Crippen LogP contribution in [0.4, 0.5) is 0 Å². The molecule has 0 aliphatic heterocycles. The monoisotopic (exact) mass is 444 g/mol. The predicted molar refractivity (Wildman–Crippen MR) is 109 cm³/mol. The third-order valence-electron chi connectivity index (χ3n) is 4.22. The summed E-state index contributed by atoms with van der Waals surface area (Å²) in [5.74, 6) is 1.04. The molecular formula is C20H21BrN4O3. The van der Waals surface area contributed by atoms with Gasteiger partial charge >= 0.3 is 0 Å². The summed E-state index contributed by atoms with van der Waals surface area (Å²) in [5, 5.41) is 11.6. The number of nitrogens with one attached hydrogen (secondary N) is 1. The first-order chi connectivity index (χ1) is 13.5. The average molecular weight is 445 g/mol. The van der Waals surface area contributed by atoms with Gasteiger partial charge in [-0.2, -0.15) is 9.90 Å². The highest BCUT2D eigenvalue weighted by molar-refractivity contribution is 9.10. The number of carbonyl (C=O) groups is 1. The first kappa shape index (κ1) is 19.9. The lowest BCUT2D eigenvalue weighted by molar-refractivity contribution is 0.0948. The first-order valence-corrected chi connectivity index (χ1v) is 9.50. The van der Waals surface area contributed by atoms with E-state index in [1.54, 1.807) is 21.1 Å². The number of ether oxygens (including phenoxy) is 2. The van der Waals surface area contributed by atoms with E-state index in [-0.39, 0.29) is 5.91 Å². The number of carbonyl (C=O) groups excluding carboxylic acids is 1. The molecule has 0 spiro atoms. The van der Waals surface area contributed by atoms with Gasteiger partial charge in [0.05, 0.1) is 25.6 Å². The van der Waals surface area contributed by atoms with Crippen LogP contribution in [0.25, 0.3) is 5.69 Å². The highest BCUT2D eigenvalue weighted by Gasteiger charge is 2.16. The van der Waals surface area contributed by atoms with E-state index >= 15 is 0 Å². The summed E-state index contributed by atoms with van der Waals surface area (Å²) in [6.45, 7) is 2.22. The number of amides is 1. The van der Waals surface area contributed by atoms with E-state index in [0.717, 1.165) is 15.7 Å². The summed E-state index contributed by atoms with van der Waals surface area (Å²) in [7, 11) is 3.19. The SMILES string of the molecule is COc1cc(Br)c(CCNC(=O)c2nn(-c3ccccc3)nc2C)cc1OC. The van der Waals surface area contributed by atoms with Crippen molar-refractivity contribution in [2.24, 2.45) is 0 Å². The molecule has 0 radical (unpaired) electrons. The minimum atomic E-state index is -0.253. The molecule has 2 aromatic carbocycles. The van der Waals surface area contributed by atoms with Crippen LogP contribution in [-0.2, 0) is 6.42 Å². The summed E-state index contributed by atoms with van der Waals surface area (Å²) in [6, 6.07) is 13.2. The molecule has 1 amide bonds. The molecule has 0 saturated heterocycles.